The molecule has 2 heteroatoms. The second-order valence-electron chi connectivity index (χ2n) is 7.39. The normalized spacial score (nSPS) is 41.7. The molecule has 1 atom stereocenters. The summed E-state index contributed by atoms with van der Waals surface area (Å²) in [6, 6.07) is 4.94. The van der Waals surface area contributed by atoms with Crippen molar-refractivity contribution in [1.82, 2.24) is 0 Å². The molecular weight excluding hydrogens is 250 g/mol. The summed E-state index contributed by atoms with van der Waals surface area (Å²) in [4.78, 5) is 2.92. The van der Waals surface area contributed by atoms with E-state index in [2.05, 4.69) is 19.1 Å². The highest BCUT2D eigenvalue weighted by molar-refractivity contribution is 7.11. The molecular formula is C17H25NS. The predicted octanol–water partition coefficient (Wildman–Crippen LogP) is 4.00. The highest BCUT2D eigenvalue weighted by atomic mass is 32.1. The van der Waals surface area contributed by atoms with Gasteiger partial charge >= 0.3 is 0 Å². The first-order valence-corrected chi connectivity index (χ1v) is 8.81. The molecule has 0 aromatic carbocycles. The maximum atomic E-state index is 6.65. The van der Waals surface area contributed by atoms with Gasteiger partial charge in [-0.15, -0.1) is 11.3 Å². The van der Waals surface area contributed by atoms with Crippen molar-refractivity contribution in [2.24, 2.45) is 35.3 Å². The first-order valence-electron chi connectivity index (χ1n) is 8.00. The lowest BCUT2D eigenvalue weighted by atomic mass is 9.50. The van der Waals surface area contributed by atoms with Crippen LogP contribution in [0.25, 0.3) is 0 Å². The van der Waals surface area contributed by atoms with E-state index in [1.54, 1.807) is 6.42 Å². The molecule has 0 radical (unpaired) electrons. The van der Waals surface area contributed by atoms with Crippen LogP contribution >= 0.6 is 11.3 Å². The standard InChI is InChI=1S/C17H25NS/c1-10-2-3-15(19-10)9-16(18)17-13-5-11-4-12(7-13)8-14(17)6-11/h2-3,11-14,16-17H,4-9,18H2,1H3. The van der Waals surface area contributed by atoms with Gasteiger partial charge in [-0.2, -0.15) is 0 Å². The van der Waals surface area contributed by atoms with Gasteiger partial charge in [0.15, 0.2) is 0 Å². The van der Waals surface area contributed by atoms with Crippen LogP contribution in [0.3, 0.4) is 0 Å². The van der Waals surface area contributed by atoms with E-state index < -0.39 is 0 Å². The SMILES string of the molecule is Cc1ccc(CC(N)C2C3CC4CC(C3)CC2C4)s1. The molecule has 0 spiro atoms. The van der Waals surface area contributed by atoms with E-state index in [1.165, 1.54) is 35.4 Å². The first kappa shape index (κ1) is 12.4. The average Bonchev–Trinajstić information content (AvgIpc) is 2.73. The van der Waals surface area contributed by atoms with Gasteiger partial charge in [-0.1, -0.05) is 0 Å². The van der Waals surface area contributed by atoms with Crippen LogP contribution in [0, 0.1) is 36.5 Å². The summed E-state index contributed by atoms with van der Waals surface area (Å²) in [5.74, 6) is 4.89. The Bertz CT molecular complexity index is 436. The molecule has 4 bridgehead atoms. The van der Waals surface area contributed by atoms with E-state index in [1.807, 2.05) is 11.3 Å². The fraction of sp³-hybridized carbons (Fsp3) is 0.765. The van der Waals surface area contributed by atoms with E-state index in [0.29, 0.717) is 6.04 Å². The van der Waals surface area contributed by atoms with Crippen LogP contribution in [-0.4, -0.2) is 6.04 Å². The molecule has 4 aliphatic carbocycles. The van der Waals surface area contributed by atoms with Crippen LogP contribution in [0.15, 0.2) is 12.1 Å². The van der Waals surface area contributed by atoms with E-state index in [4.69, 9.17) is 5.73 Å². The molecule has 5 rings (SSSR count). The smallest absolute Gasteiger partial charge is 0.0121 e. The summed E-state index contributed by atoms with van der Waals surface area (Å²) in [7, 11) is 0. The summed E-state index contributed by atoms with van der Waals surface area (Å²) < 4.78 is 0. The number of hydrogen-bond acceptors (Lipinski definition) is 2. The van der Waals surface area contributed by atoms with E-state index in [-0.39, 0.29) is 0 Å². The Morgan fingerprint density at radius 2 is 1.74 bits per heavy atom. The van der Waals surface area contributed by atoms with Crippen molar-refractivity contribution >= 4 is 11.3 Å². The molecule has 1 aromatic rings. The lowest BCUT2D eigenvalue weighted by Crippen LogP contribution is -2.52. The molecule has 1 heterocycles. The van der Waals surface area contributed by atoms with Gasteiger partial charge in [0.05, 0.1) is 0 Å². The quantitative estimate of drug-likeness (QED) is 0.886. The molecule has 0 amide bonds. The van der Waals surface area contributed by atoms with Gasteiger partial charge in [-0.3, -0.25) is 0 Å². The van der Waals surface area contributed by atoms with Gasteiger partial charge in [0.25, 0.3) is 0 Å². The van der Waals surface area contributed by atoms with Gasteiger partial charge in [0.1, 0.15) is 0 Å². The van der Waals surface area contributed by atoms with E-state index >= 15 is 0 Å². The van der Waals surface area contributed by atoms with Gasteiger partial charge in [0.2, 0.25) is 0 Å². The fourth-order valence-corrected chi connectivity index (χ4v) is 6.59. The maximum absolute atomic E-state index is 6.65. The summed E-state index contributed by atoms with van der Waals surface area (Å²) in [5, 5.41) is 0. The molecule has 0 aliphatic heterocycles. The van der Waals surface area contributed by atoms with Gasteiger partial charge in [0, 0.05) is 15.8 Å². The molecule has 2 N–H and O–H groups in total. The minimum Gasteiger partial charge on any atom is -0.327 e. The Balaban J connectivity index is 1.49. The van der Waals surface area contributed by atoms with Crippen molar-refractivity contribution in [2.45, 2.75) is 51.5 Å². The minimum absolute atomic E-state index is 0.410. The molecule has 1 nitrogen and oxygen atoms in total. The van der Waals surface area contributed by atoms with E-state index in [9.17, 15) is 0 Å². The summed E-state index contributed by atoms with van der Waals surface area (Å²) in [5.41, 5.74) is 6.65. The zero-order valence-corrected chi connectivity index (χ0v) is 12.7. The highest BCUT2D eigenvalue weighted by Crippen LogP contribution is 2.57. The van der Waals surface area contributed by atoms with Crippen LogP contribution < -0.4 is 5.73 Å². The predicted molar refractivity (Wildman–Crippen MR) is 81.3 cm³/mol. The van der Waals surface area contributed by atoms with Crippen molar-refractivity contribution in [2.75, 3.05) is 0 Å². The van der Waals surface area contributed by atoms with Gasteiger partial charge < -0.3 is 5.73 Å². The zero-order valence-electron chi connectivity index (χ0n) is 11.8. The van der Waals surface area contributed by atoms with E-state index in [0.717, 1.165) is 36.0 Å². The Labute approximate surface area is 120 Å². The Morgan fingerprint density at radius 1 is 1.11 bits per heavy atom. The molecule has 4 aliphatic rings. The Morgan fingerprint density at radius 3 is 2.26 bits per heavy atom. The fourth-order valence-electron chi connectivity index (χ4n) is 5.63. The third-order valence-corrected chi connectivity index (χ3v) is 7.05. The average molecular weight is 275 g/mol. The molecule has 104 valence electrons. The van der Waals surface area contributed by atoms with Crippen molar-refractivity contribution in [3.63, 3.8) is 0 Å². The molecule has 0 saturated heterocycles. The first-order chi connectivity index (χ1) is 9.19. The number of thiophene rings is 1. The van der Waals surface area contributed by atoms with Gasteiger partial charge in [-0.05, 0) is 87.2 Å². The number of rotatable bonds is 3. The van der Waals surface area contributed by atoms with Gasteiger partial charge in [-0.25, -0.2) is 0 Å². The second-order valence-corrected chi connectivity index (χ2v) is 8.76. The molecule has 1 aromatic heterocycles. The summed E-state index contributed by atoms with van der Waals surface area (Å²) in [6.45, 7) is 2.20. The van der Waals surface area contributed by atoms with Crippen LogP contribution in [0.4, 0.5) is 0 Å². The number of aryl methyl sites for hydroxylation is 1. The molecule has 4 fully saturated rings. The lowest BCUT2D eigenvalue weighted by Gasteiger charge is -2.56. The second kappa shape index (κ2) is 4.60. The highest BCUT2D eigenvalue weighted by Gasteiger charge is 2.49. The van der Waals surface area contributed by atoms with Crippen LogP contribution in [0.2, 0.25) is 0 Å². The van der Waals surface area contributed by atoms with Crippen LogP contribution in [0.1, 0.15) is 41.9 Å². The van der Waals surface area contributed by atoms with Crippen molar-refractivity contribution in [3.05, 3.63) is 21.9 Å². The third kappa shape index (κ3) is 2.17. The Hall–Kier alpha value is -0.340. The number of hydrogen-bond donors (Lipinski definition) is 1. The van der Waals surface area contributed by atoms with Crippen LogP contribution in [-0.2, 0) is 6.42 Å². The van der Waals surface area contributed by atoms with Crippen LogP contribution in [0.5, 0.6) is 0 Å². The van der Waals surface area contributed by atoms with Crippen molar-refractivity contribution in [3.8, 4) is 0 Å². The lowest BCUT2D eigenvalue weighted by molar-refractivity contribution is -0.0464. The number of nitrogens with two attached hydrogens (primary N) is 1. The molecule has 4 saturated carbocycles. The topological polar surface area (TPSA) is 26.0 Å². The maximum Gasteiger partial charge on any atom is 0.0121 e. The third-order valence-electron chi connectivity index (χ3n) is 6.03. The summed E-state index contributed by atoms with van der Waals surface area (Å²) >= 11 is 1.94. The zero-order chi connectivity index (χ0) is 13.0. The monoisotopic (exact) mass is 275 g/mol. The molecule has 1 unspecified atom stereocenters. The van der Waals surface area contributed by atoms with Crippen molar-refractivity contribution in [1.29, 1.82) is 0 Å². The minimum atomic E-state index is 0.410. The molecule has 19 heavy (non-hydrogen) atoms. The Kier molecular flexibility index (Phi) is 3.00. The van der Waals surface area contributed by atoms with Crippen molar-refractivity contribution < 1.29 is 0 Å². The summed E-state index contributed by atoms with van der Waals surface area (Å²) in [6.07, 6.45) is 8.64. The largest absolute Gasteiger partial charge is 0.327 e.